The van der Waals surface area contributed by atoms with Crippen LogP contribution in [0.15, 0.2) is 42.6 Å². The van der Waals surface area contributed by atoms with Gasteiger partial charge in [0.2, 0.25) is 5.91 Å². The van der Waals surface area contributed by atoms with Crippen molar-refractivity contribution in [1.82, 2.24) is 9.88 Å². The molecule has 25 heavy (non-hydrogen) atoms. The van der Waals surface area contributed by atoms with E-state index in [-0.39, 0.29) is 11.3 Å². The molecule has 0 N–H and O–H groups in total. The molecule has 1 atom stereocenters. The van der Waals surface area contributed by atoms with E-state index in [1.54, 1.807) is 18.2 Å². The summed E-state index contributed by atoms with van der Waals surface area (Å²) in [6.45, 7) is 6.88. The number of likely N-dealkylation sites (N-methyl/N-ethyl adjacent to an activating group) is 1. The van der Waals surface area contributed by atoms with Crippen LogP contribution in [0.5, 0.6) is 5.75 Å². The van der Waals surface area contributed by atoms with Gasteiger partial charge in [-0.3, -0.25) is 9.78 Å². The van der Waals surface area contributed by atoms with Crippen molar-refractivity contribution in [2.24, 2.45) is 5.41 Å². The number of pyridine rings is 1. The van der Waals surface area contributed by atoms with Crippen LogP contribution in [-0.2, 0) is 16.8 Å². The number of nitrogens with zero attached hydrogens (tertiary/aromatic N) is 2. The molecule has 0 radical (unpaired) electrons. The largest absolute Gasteiger partial charge is 0.497 e. The summed E-state index contributed by atoms with van der Waals surface area (Å²) in [6, 6.07) is 12.0. The summed E-state index contributed by atoms with van der Waals surface area (Å²) in [5.74, 6) is 0.914. The van der Waals surface area contributed by atoms with E-state index in [4.69, 9.17) is 4.74 Å². The van der Waals surface area contributed by atoms with Crippen LogP contribution in [0.4, 0.5) is 0 Å². The summed E-state index contributed by atoms with van der Waals surface area (Å²) in [4.78, 5) is 19.5. The van der Waals surface area contributed by atoms with Crippen LogP contribution in [0.25, 0.3) is 0 Å². The first kappa shape index (κ1) is 17.5. The number of benzene rings is 1. The van der Waals surface area contributed by atoms with Gasteiger partial charge in [-0.25, -0.2) is 0 Å². The molecular weight excluding hydrogens is 312 g/mol. The van der Waals surface area contributed by atoms with Gasteiger partial charge in [0.25, 0.3) is 0 Å². The van der Waals surface area contributed by atoms with Crippen LogP contribution in [0.3, 0.4) is 0 Å². The van der Waals surface area contributed by atoms with Crippen molar-refractivity contribution in [2.75, 3.05) is 14.2 Å². The van der Waals surface area contributed by atoms with Gasteiger partial charge in [0, 0.05) is 19.3 Å². The third-order valence-corrected chi connectivity index (χ3v) is 5.42. The molecular formula is C21H26N2O2. The van der Waals surface area contributed by atoms with E-state index in [1.807, 2.05) is 19.2 Å². The number of amides is 1. The maximum absolute atomic E-state index is 13.4. The summed E-state index contributed by atoms with van der Waals surface area (Å²) >= 11 is 0. The van der Waals surface area contributed by atoms with E-state index >= 15 is 0 Å². The Labute approximate surface area is 149 Å². The highest BCUT2D eigenvalue weighted by atomic mass is 16.5. The van der Waals surface area contributed by atoms with Crippen molar-refractivity contribution in [3.05, 3.63) is 59.4 Å². The predicted octanol–water partition coefficient (Wildman–Crippen LogP) is 3.72. The minimum Gasteiger partial charge on any atom is -0.497 e. The lowest BCUT2D eigenvalue weighted by atomic mass is 9.86. The molecule has 1 aromatic heterocycles. The Balaban J connectivity index is 1.85. The van der Waals surface area contributed by atoms with Crippen molar-refractivity contribution in [3.8, 4) is 5.75 Å². The number of methoxy groups -OCH3 is 1. The van der Waals surface area contributed by atoms with Crippen molar-refractivity contribution in [2.45, 2.75) is 39.2 Å². The fourth-order valence-electron chi connectivity index (χ4n) is 3.75. The molecule has 132 valence electrons. The molecule has 1 fully saturated rings. The molecule has 1 amide bonds. The third kappa shape index (κ3) is 3.01. The topological polar surface area (TPSA) is 42.4 Å². The van der Waals surface area contributed by atoms with Gasteiger partial charge < -0.3 is 9.64 Å². The fraction of sp³-hybridized carbons (Fsp3) is 0.429. The average Bonchev–Trinajstić information content (AvgIpc) is 3.18. The molecule has 0 saturated heterocycles. The predicted molar refractivity (Wildman–Crippen MR) is 98.5 cm³/mol. The number of carbonyl (C=O) groups is 1. The molecule has 2 aromatic rings. The first-order valence-corrected chi connectivity index (χ1v) is 8.62. The standard InChI is InChI=1S/C21H26N2O2/c1-15-6-8-16(9-7-15)21(14-20(21,2)3)19(24)23(4)13-17-12-18(25-5)10-11-22-17/h6-12H,13-14H2,1-5H3. The van der Waals surface area contributed by atoms with Gasteiger partial charge in [0.15, 0.2) is 0 Å². The van der Waals surface area contributed by atoms with Crippen molar-refractivity contribution < 1.29 is 9.53 Å². The molecule has 0 aliphatic heterocycles. The summed E-state index contributed by atoms with van der Waals surface area (Å²) in [5, 5.41) is 0. The summed E-state index contributed by atoms with van der Waals surface area (Å²) in [7, 11) is 3.49. The minimum absolute atomic E-state index is 0.0323. The summed E-state index contributed by atoms with van der Waals surface area (Å²) in [5.41, 5.74) is 2.67. The summed E-state index contributed by atoms with van der Waals surface area (Å²) < 4.78 is 5.25. The Hall–Kier alpha value is -2.36. The number of aromatic nitrogens is 1. The first-order valence-electron chi connectivity index (χ1n) is 8.62. The molecule has 0 bridgehead atoms. The van der Waals surface area contributed by atoms with Crippen LogP contribution in [-0.4, -0.2) is 29.9 Å². The Morgan fingerprint density at radius 3 is 2.44 bits per heavy atom. The van der Waals surface area contributed by atoms with Crippen LogP contribution in [0, 0.1) is 12.3 Å². The van der Waals surface area contributed by atoms with E-state index in [1.165, 1.54) is 5.56 Å². The first-order chi connectivity index (χ1) is 11.8. The maximum atomic E-state index is 13.4. The van der Waals surface area contributed by atoms with Gasteiger partial charge in [-0.2, -0.15) is 0 Å². The van der Waals surface area contributed by atoms with Crippen LogP contribution in [0.1, 0.15) is 37.1 Å². The smallest absolute Gasteiger partial charge is 0.233 e. The molecule has 0 spiro atoms. The Morgan fingerprint density at radius 2 is 1.88 bits per heavy atom. The van der Waals surface area contributed by atoms with E-state index < -0.39 is 5.41 Å². The van der Waals surface area contributed by atoms with E-state index in [0.717, 1.165) is 23.4 Å². The highest BCUT2D eigenvalue weighted by Gasteiger charge is 2.67. The normalized spacial score (nSPS) is 20.8. The van der Waals surface area contributed by atoms with Crippen molar-refractivity contribution >= 4 is 5.91 Å². The zero-order chi connectivity index (χ0) is 18.2. The molecule has 4 nitrogen and oxygen atoms in total. The lowest BCUT2D eigenvalue weighted by molar-refractivity contribution is -0.134. The number of hydrogen-bond acceptors (Lipinski definition) is 3. The number of rotatable bonds is 5. The highest BCUT2D eigenvalue weighted by Crippen LogP contribution is 2.65. The van der Waals surface area contributed by atoms with Gasteiger partial charge in [-0.05, 0) is 30.4 Å². The zero-order valence-corrected chi connectivity index (χ0v) is 15.7. The number of ether oxygens (including phenoxy) is 1. The van der Waals surface area contributed by atoms with Crippen LogP contribution < -0.4 is 4.74 Å². The van der Waals surface area contributed by atoms with Gasteiger partial charge in [0.05, 0.1) is 24.8 Å². The van der Waals surface area contributed by atoms with E-state index in [9.17, 15) is 4.79 Å². The highest BCUT2D eigenvalue weighted by molar-refractivity contribution is 5.93. The molecule has 1 aromatic carbocycles. The quantitative estimate of drug-likeness (QED) is 0.834. The molecule has 4 heteroatoms. The van der Waals surface area contributed by atoms with Gasteiger partial charge >= 0.3 is 0 Å². The second-order valence-corrected chi connectivity index (χ2v) is 7.68. The van der Waals surface area contributed by atoms with Crippen LogP contribution in [0.2, 0.25) is 0 Å². The van der Waals surface area contributed by atoms with Gasteiger partial charge in [-0.15, -0.1) is 0 Å². The SMILES string of the molecule is COc1ccnc(CN(C)C(=O)C2(c3ccc(C)cc3)CC2(C)C)c1. The van der Waals surface area contributed by atoms with Gasteiger partial charge in [-0.1, -0.05) is 43.7 Å². The number of aryl methyl sites for hydroxylation is 1. The minimum atomic E-state index is -0.436. The number of carbonyl (C=O) groups excluding carboxylic acids is 1. The monoisotopic (exact) mass is 338 g/mol. The second-order valence-electron chi connectivity index (χ2n) is 7.68. The lowest BCUT2D eigenvalue weighted by Gasteiger charge is -2.27. The van der Waals surface area contributed by atoms with E-state index in [2.05, 4.69) is 50.0 Å². The van der Waals surface area contributed by atoms with Crippen molar-refractivity contribution in [1.29, 1.82) is 0 Å². The molecule has 1 unspecified atom stereocenters. The molecule has 1 saturated carbocycles. The second kappa shape index (κ2) is 6.17. The molecule has 3 rings (SSSR count). The van der Waals surface area contributed by atoms with Gasteiger partial charge in [0.1, 0.15) is 5.75 Å². The van der Waals surface area contributed by atoms with Crippen LogP contribution >= 0.6 is 0 Å². The Bertz CT molecular complexity index is 783. The third-order valence-electron chi connectivity index (χ3n) is 5.42. The fourth-order valence-corrected chi connectivity index (χ4v) is 3.75. The summed E-state index contributed by atoms with van der Waals surface area (Å²) in [6.07, 6.45) is 2.58. The molecule has 1 heterocycles. The molecule has 1 aliphatic carbocycles. The molecule has 1 aliphatic rings. The Kier molecular flexibility index (Phi) is 4.31. The zero-order valence-electron chi connectivity index (χ0n) is 15.7. The lowest BCUT2D eigenvalue weighted by Crippen LogP contribution is -2.39. The Morgan fingerprint density at radius 1 is 1.24 bits per heavy atom. The maximum Gasteiger partial charge on any atom is 0.233 e. The van der Waals surface area contributed by atoms with E-state index in [0.29, 0.717) is 6.54 Å². The average molecular weight is 338 g/mol. The van der Waals surface area contributed by atoms with Crippen molar-refractivity contribution in [3.63, 3.8) is 0 Å². The number of hydrogen-bond donors (Lipinski definition) is 0.